The summed E-state index contributed by atoms with van der Waals surface area (Å²) in [6.45, 7) is 3.55. The van der Waals surface area contributed by atoms with Gasteiger partial charge in [0.05, 0.1) is 10.3 Å². The molecule has 26 heavy (non-hydrogen) atoms. The number of aromatic amines is 1. The molecule has 1 saturated heterocycles. The second-order valence-electron chi connectivity index (χ2n) is 6.53. The lowest BCUT2D eigenvalue weighted by Gasteiger charge is -2.27. The first-order chi connectivity index (χ1) is 12.5. The van der Waals surface area contributed by atoms with E-state index in [0.29, 0.717) is 0 Å². The average molecular weight is 353 g/mol. The van der Waals surface area contributed by atoms with Crippen molar-refractivity contribution in [2.24, 2.45) is 0 Å². The Morgan fingerprint density at radius 3 is 3.00 bits per heavy atom. The normalized spacial score (nSPS) is 17.0. The van der Waals surface area contributed by atoms with Gasteiger partial charge in [-0.1, -0.05) is 0 Å². The molecular weight excluding hydrogens is 334 g/mol. The van der Waals surface area contributed by atoms with E-state index in [-0.39, 0.29) is 11.7 Å². The number of anilines is 2. The van der Waals surface area contributed by atoms with E-state index in [1.165, 1.54) is 6.20 Å². The fourth-order valence-electron chi connectivity index (χ4n) is 3.56. The molecule has 3 aromatic rings. The van der Waals surface area contributed by atoms with Crippen molar-refractivity contribution in [2.75, 3.05) is 29.9 Å². The summed E-state index contributed by atoms with van der Waals surface area (Å²) in [5.41, 5.74) is 1.65. The Hall–Kier alpha value is -3.23. The zero-order valence-corrected chi connectivity index (χ0v) is 14.6. The highest BCUT2D eigenvalue weighted by Gasteiger charge is 2.29. The van der Waals surface area contributed by atoms with Gasteiger partial charge in [-0.2, -0.15) is 0 Å². The van der Waals surface area contributed by atoms with Crippen molar-refractivity contribution >= 4 is 28.4 Å². The molecule has 0 aliphatic carbocycles. The van der Waals surface area contributed by atoms with Crippen molar-refractivity contribution in [3.63, 3.8) is 0 Å². The van der Waals surface area contributed by atoms with E-state index in [9.17, 15) is 10.1 Å². The third-order valence-corrected chi connectivity index (χ3v) is 4.92. The Morgan fingerprint density at radius 2 is 2.23 bits per heavy atom. The molecule has 0 bridgehead atoms. The van der Waals surface area contributed by atoms with Crippen LogP contribution in [0.2, 0.25) is 0 Å². The smallest absolute Gasteiger partial charge is 0.287 e. The number of aromatic nitrogens is 4. The molecule has 1 unspecified atom stereocenters. The Morgan fingerprint density at radius 1 is 1.38 bits per heavy atom. The number of likely N-dealkylation sites (N-methyl/N-ethyl adjacent to an activating group) is 1. The van der Waals surface area contributed by atoms with Crippen LogP contribution in [-0.4, -0.2) is 51.0 Å². The van der Waals surface area contributed by atoms with E-state index >= 15 is 0 Å². The summed E-state index contributed by atoms with van der Waals surface area (Å²) in [6.07, 6.45) is 5.73. The van der Waals surface area contributed by atoms with E-state index in [4.69, 9.17) is 0 Å². The molecule has 0 aromatic carbocycles. The molecule has 1 aliphatic heterocycles. The summed E-state index contributed by atoms with van der Waals surface area (Å²) in [7, 11) is 1.99. The molecule has 1 atom stereocenters. The molecule has 134 valence electrons. The van der Waals surface area contributed by atoms with E-state index < -0.39 is 4.92 Å². The minimum Gasteiger partial charge on any atom is -0.355 e. The van der Waals surface area contributed by atoms with E-state index in [1.54, 1.807) is 12.4 Å². The van der Waals surface area contributed by atoms with Gasteiger partial charge in [0.25, 0.3) is 5.69 Å². The van der Waals surface area contributed by atoms with Gasteiger partial charge in [0.1, 0.15) is 29.8 Å². The molecular formula is C17H19N7O2. The highest BCUT2D eigenvalue weighted by molar-refractivity contribution is 5.87. The third kappa shape index (κ3) is 2.71. The third-order valence-electron chi connectivity index (χ3n) is 4.92. The van der Waals surface area contributed by atoms with Crippen molar-refractivity contribution in [1.82, 2.24) is 19.9 Å². The van der Waals surface area contributed by atoms with Crippen LogP contribution in [-0.2, 0) is 0 Å². The Balaban J connectivity index is 1.55. The van der Waals surface area contributed by atoms with E-state index in [2.05, 4.69) is 29.7 Å². The monoisotopic (exact) mass is 353 g/mol. The van der Waals surface area contributed by atoms with Crippen LogP contribution in [0.3, 0.4) is 0 Å². The summed E-state index contributed by atoms with van der Waals surface area (Å²) >= 11 is 0. The first-order valence-corrected chi connectivity index (χ1v) is 8.41. The zero-order valence-electron chi connectivity index (χ0n) is 14.6. The number of nitrogens with zero attached hydrogens (tertiary/aromatic N) is 6. The average Bonchev–Trinajstić information content (AvgIpc) is 3.30. The Kier molecular flexibility index (Phi) is 3.90. The van der Waals surface area contributed by atoms with Gasteiger partial charge < -0.3 is 14.8 Å². The summed E-state index contributed by atoms with van der Waals surface area (Å²) < 4.78 is 0. The van der Waals surface area contributed by atoms with Crippen LogP contribution in [0.25, 0.3) is 11.0 Å². The van der Waals surface area contributed by atoms with Gasteiger partial charge in [-0.05, 0) is 25.0 Å². The topological polar surface area (TPSA) is 104 Å². The molecule has 1 fully saturated rings. The summed E-state index contributed by atoms with van der Waals surface area (Å²) in [5, 5.41) is 11.9. The van der Waals surface area contributed by atoms with Gasteiger partial charge in [-0.15, -0.1) is 0 Å². The molecule has 4 heterocycles. The highest BCUT2D eigenvalue weighted by atomic mass is 16.6. The number of nitro groups is 1. The second-order valence-corrected chi connectivity index (χ2v) is 6.53. The number of hydrogen-bond donors (Lipinski definition) is 1. The van der Waals surface area contributed by atoms with Gasteiger partial charge >= 0.3 is 0 Å². The number of fused-ring (bicyclic) bond motifs is 1. The van der Waals surface area contributed by atoms with Crippen molar-refractivity contribution in [2.45, 2.75) is 19.4 Å². The van der Waals surface area contributed by atoms with Crippen molar-refractivity contribution < 1.29 is 4.92 Å². The van der Waals surface area contributed by atoms with Crippen LogP contribution >= 0.6 is 0 Å². The SMILES string of the molecule is Cc1cc([N+](=O)[O-])cnc1N(C)C1CCN(c2ncnc3[nH]ccc23)C1. The lowest BCUT2D eigenvalue weighted by atomic mass is 10.2. The van der Waals surface area contributed by atoms with Crippen molar-refractivity contribution in [1.29, 1.82) is 0 Å². The predicted molar refractivity (Wildman–Crippen MR) is 98.5 cm³/mol. The van der Waals surface area contributed by atoms with Crippen LogP contribution in [0.1, 0.15) is 12.0 Å². The van der Waals surface area contributed by atoms with Gasteiger partial charge in [0.15, 0.2) is 0 Å². The molecule has 9 heteroatoms. The zero-order chi connectivity index (χ0) is 18.3. The maximum Gasteiger partial charge on any atom is 0.287 e. The number of hydrogen-bond acceptors (Lipinski definition) is 7. The van der Waals surface area contributed by atoms with Gasteiger partial charge in [0, 0.05) is 38.4 Å². The number of H-pyrrole nitrogens is 1. The summed E-state index contributed by atoms with van der Waals surface area (Å²) in [5.74, 6) is 1.71. The number of nitrogens with one attached hydrogen (secondary N) is 1. The Bertz CT molecular complexity index is 971. The van der Waals surface area contributed by atoms with Crippen molar-refractivity contribution in [3.8, 4) is 0 Å². The van der Waals surface area contributed by atoms with Crippen LogP contribution < -0.4 is 9.80 Å². The number of pyridine rings is 1. The fraction of sp³-hybridized carbons (Fsp3) is 0.353. The molecule has 4 rings (SSSR count). The largest absolute Gasteiger partial charge is 0.355 e. The minimum atomic E-state index is -0.418. The Labute approximate surface area is 149 Å². The summed E-state index contributed by atoms with van der Waals surface area (Å²) in [6, 6.07) is 3.81. The lowest BCUT2D eigenvalue weighted by Crippen LogP contribution is -2.35. The van der Waals surface area contributed by atoms with Crippen LogP contribution in [0, 0.1) is 17.0 Å². The number of rotatable bonds is 4. The molecule has 1 aliphatic rings. The van der Waals surface area contributed by atoms with Gasteiger partial charge in [0.2, 0.25) is 0 Å². The number of aryl methyl sites for hydroxylation is 1. The second kappa shape index (κ2) is 6.25. The molecule has 3 aromatic heterocycles. The van der Waals surface area contributed by atoms with Gasteiger partial charge in [-0.3, -0.25) is 10.1 Å². The standard InChI is InChI=1S/C17H19N7O2/c1-11-7-13(24(25)26)8-19-16(11)22(2)12-4-6-23(9-12)17-14-3-5-18-15(14)20-10-21-17/h3,5,7-8,10,12H,4,6,9H2,1-2H3,(H,18,20,21). The first-order valence-electron chi connectivity index (χ1n) is 8.41. The molecule has 0 spiro atoms. The maximum atomic E-state index is 10.9. The maximum absolute atomic E-state index is 10.9. The quantitative estimate of drug-likeness (QED) is 0.567. The molecule has 0 radical (unpaired) electrons. The van der Waals surface area contributed by atoms with Gasteiger partial charge in [-0.25, -0.2) is 15.0 Å². The summed E-state index contributed by atoms with van der Waals surface area (Å²) in [4.78, 5) is 31.0. The highest BCUT2D eigenvalue weighted by Crippen LogP contribution is 2.29. The first kappa shape index (κ1) is 16.2. The fourth-order valence-corrected chi connectivity index (χ4v) is 3.56. The van der Waals surface area contributed by atoms with Crippen LogP contribution in [0.4, 0.5) is 17.3 Å². The molecule has 0 amide bonds. The van der Waals surface area contributed by atoms with Crippen LogP contribution in [0.15, 0.2) is 30.9 Å². The van der Waals surface area contributed by atoms with E-state index in [1.807, 2.05) is 26.2 Å². The van der Waals surface area contributed by atoms with Crippen molar-refractivity contribution in [3.05, 3.63) is 46.5 Å². The lowest BCUT2D eigenvalue weighted by molar-refractivity contribution is -0.385. The van der Waals surface area contributed by atoms with E-state index in [0.717, 1.165) is 47.7 Å². The molecule has 0 saturated carbocycles. The molecule has 9 nitrogen and oxygen atoms in total. The van der Waals surface area contributed by atoms with Crippen LogP contribution in [0.5, 0.6) is 0 Å². The predicted octanol–water partition coefficient (Wildman–Crippen LogP) is 2.28. The molecule has 1 N–H and O–H groups in total. The minimum absolute atomic E-state index is 0.0172.